The van der Waals surface area contributed by atoms with Crippen LogP contribution in [0.1, 0.15) is 20.8 Å². The normalized spacial score (nSPS) is 23.7. The van der Waals surface area contributed by atoms with Gasteiger partial charge >= 0.3 is 5.97 Å². The second-order valence-electron chi connectivity index (χ2n) is 6.29. The number of piperazine rings is 1. The molecule has 1 aliphatic heterocycles. The summed E-state index contributed by atoms with van der Waals surface area (Å²) in [4.78, 5) is 14.0. The highest BCUT2D eigenvalue weighted by Crippen LogP contribution is 2.34. The fourth-order valence-electron chi connectivity index (χ4n) is 2.66. The van der Waals surface area contributed by atoms with Crippen LogP contribution in [0.3, 0.4) is 0 Å². The van der Waals surface area contributed by atoms with E-state index in [1.54, 1.807) is 0 Å². The van der Waals surface area contributed by atoms with Crippen molar-refractivity contribution in [2.45, 2.75) is 26.3 Å². The maximum absolute atomic E-state index is 11.9. The zero-order chi connectivity index (χ0) is 15.0. The smallest absolute Gasteiger partial charge is 0.326 e. The number of anilines is 1. The second-order valence-corrected chi connectivity index (χ2v) is 7.53. The summed E-state index contributed by atoms with van der Waals surface area (Å²) in [7, 11) is 0. The highest BCUT2D eigenvalue weighted by atomic mass is 127. The van der Waals surface area contributed by atoms with Gasteiger partial charge in [0, 0.05) is 28.9 Å². The Morgan fingerprint density at radius 3 is 2.45 bits per heavy atom. The average Bonchev–Trinajstić information content (AvgIpc) is 2.38. The third kappa shape index (κ3) is 2.79. The summed E-state index contributed by atoms with van der Waals surface area (Å²) in [6, 6.07) is 8.22. The van der Waals surface area contributed by atoms with Gasteiger partial charge in [-0.15, -0.1) is 0 Å². The lowest BCUT2D eigenvalue weighted by Gasteiger charge is -2.48. The number of hydrogen-bond acceptors (Lipinski definition) is 3. The van der Waals surface area contributed by atoms with Gasteiger partial charge in [-0.2, -0.15) is 0 Å². The van der Waals surface area contributed by atoms with Crippen LogP contribution in [0.2, 0.25) is 0 Å². The molecule has 1 unspecified atom stereocenters. The van der Waals surface area contributed by atoms with Gasteiger partial charge in [0.05, 0.1) is 0 Å². The molecule has 1 saturated heterocycles. The molecule has 0 saturated carbocycles. The predicted molar refractivity (Wildman–Crippen MR) is 89.2 cm³/mol. The highest BCUT2D eigenvalue weighted by Gasteiger charge is 2.51. The first-order valence-electron chi connectivity index (χ1n) is 6.75. The Hall–Kier alpha value is -0.820. The Kier molecular flexibility index (Phi) is 4.30. The van der Waals surface area contributed by atoms with E-state index < -0.39 is 11.5 Å². The van der Waals surface area contributed by atoms with Crippen LogP contribution in [0.15, 0.2) is 24.3 Å². The minimum absolute atomic E-state index is 0.360. The van der Waals surface area contributed by atoms with Gasteiger partial charge in [0.2, 0.25) is 0 Å². The third-order valence-corrected chi connectivity index (χ3v) is 4.79. The number of nitrogens with one attached hydrogen (secondary N) is 1. The fraction of sp³-hybridized carbons (Fsp3) is 0.533. The molecule has 4 nitrogen and oxygen atoms in total. The van der Waals surface area contributed by atoms with E-state index in [0.717, 1.165) is 12.2 Å². The van der Waals surface area contributed by atoms with Crippen molar-refractivity contribution in [3.8, 4) is 0 Å². The Bertz CT molecular complexity index is 496. The number of carboxylic acids is 1. The molecule has 0 amide bonds. The Morgan fingerprint density at radius 1 is 1.35 bits per heavy atom. The summed E-state index contributed by atoms with van der Waals surface area (Å²) in [5.41, 5.74) is -0.198. The van der Waals surface area contributed by atoms with E-state index in [0.29, 0.717) is 13.1 Å². The first-order valence-corrected chi connectivity index (χ1v) is 7.83. The van der Waals surface area contributed by atoms with Crippen molar-refractivity contribution in [3.05, 3.63) is 27.8 Å². The number of aliphatic carboxylic acids is 1. The van der Waals surface area contributed by atoms with Gasteiger partial charge in [0.15, 0.2) is 0 Å². The molecule has 0 spiro atoms. The van der Waals surface area contributed by atoms with Gasteiger partial charge in [-0.25, -0.2) is 0 Å². The number of carbonyl (C=O) groups is 1. The Morgan fingerprint density at radius 2 is 1.95 bits per heavy atom. The third-order valence-electron chi connectivity index (χ3n) is 4.07. The van der Waals surface area contributed by atoms with E-state index in [-0.39, 0.29) is 5.41 Å². The van der Waals surface area contributed by atoms with Crippen molar-refractivity contribution >= 4 is 34.2 Å². The highest BCUT2D eigenvalue weighted by molar-refractivity contribution is 14.1. The van der Waals surface area contributed by atoms with E-state index in [4.69, 9.17) is 0 Å². The minimum atomic E-state index is -0.922. The molecule has 0 bridgehead atoms. The zero-order valence-electron chi connectivity index (χ0n) is 12.1. The van der Waals surface area contributed by atoms with Crippen LogP contribution in [0.25, 0.3) is 0 Å². The molecule has 1 heterocycles. The molecule has 0 aliphatic carbocycles. The molecule has 5 heteroatoms. The number of nitrogens with zero attached hydrogens (tertiary/aromatic N) is 1. The molecule has 2 rings (SSSR count). The number of halogens is 1. The van der Waals surface area contributed by atoms with Crippen LogP contribution in [-0.4, -0.2) is 36.2 Å². The summed E-state index contributed by atoms with van der Waals surface area (Å²) in [6.45, 7) is 7.91. The monoisotopic (exact) mass is 388 g/mol. The van der Waals surface area contributed by atoms with E-state index in [1.807, 2.05) is 20.8 Å². The minimum Gasteiger partial charge on any atom is -0.480 e. The molecule has 1 atom stereocenters. The van der Waals surface area contributed by atoms with Crippen LogP contribution in [0, 0.1) is 8.99 Å². The van der Waals surface area contributed by atoms with E-state index in [2.05, 4.69) is 57.1 Å². The van der Waals surface area contributed by atoms with Crippen molar-refractivity contribution in [1.82, 2.24) is 5.32 Å². The second kappa shape index (κ2) is 5.52. The summed E-state index contributed by atoms with van der Waals surface area (Å²) in [6.07, 6.45) is 0. The predicted octanol–water partition coefficient (Wildman–Crippen LogP) is 2.57. The molecule has 1 fully saturated rings. The summed E-state index contributed by atoms with van der Waals surface area (Å²) in [5.74, 6) is -0.778. The van der Waals surface area contributed by atoms with Crippen molar-refractivity contribution in [2.24, 2.45) is 5.41 Å². The van der Waals surface area contributed by atoms with Crippen molar-refractivity contribution in [3.63, 3.8) is 0 Å². The van der Waals surface area contributed by atoms with E-state index in [1.165, 1.54) is 3.57 Å². The largest absolute Gasteiger partial charge is 0.480 e. The zero-order valence-corrected chi connectivity index (χ0v) is 14.3. The van der Waals surface area contributed by atoms with Crippen LogP contribution in [0.5, 0.6) is 0 Å². The van der Waals surface area contributed by atoms with E-state index in [9.17, 15) is 9.90 Å². The van der Waals surface area contributed by atoms with Gasteiger partial charge in [-0.1, -0.05) is 20.8 Å². The number of rotatable bonds is 2. The molecule has 0 aromatic heterocycles. The summed E-state index contributed by atoms with van der Waals surface area (Å²) >= 11 is 2.27. The van der Waals surface area contributed by atoms with Gasteiger partial charge in [-0.05, 0) is 52.3 Å². The molecule has 0 radical (unpaired) electrons. The Balaban J connectivity index is 2.31. The van der Waals surface area contributed by atoms with Crippen LogP contribution < -0.4 is 10.2 Å². The van der Waals surface area contributed by atoms with Gasteiger partial charge in [0.25, 0.3) is 0 Å². The van der Waals surface area contributed by atoms with Gasteiger partial charge in [0.1, 0.15) is 5.54 Å². The molecule has 1 aromatic carbocycles. The molecular formula is C15H21IN2O2. The summed E-state index contributed by atoms with van der Waals surface area (Å²) < 4.78 is 1.18. The molecule has 1 aliphatic rings. The molecule has 110 valence electrons. The topological polar surface area (TPSA) is 52.6 Å². The van der Waals surface area contributed by atoms with Crippen molar-refractivity contribution in [2.75, 3.05) is 24.5 Å². The van der Waals surface area contributed by atoms with Crippen LogP contribution >= 0.6 is 22.6 Å². The standard InChI is InChI=1S/C15H21IN2O2/c1-14(2,3)15(13(19)20)10-18(9-8-17-15)12-6-4-11(16)5-7-12/h4-7,17H,8-10H2,1-3H3,(H,19,20). The average molecular weight is 388 g/mol. The van der Waals surface area contributed by atoms with Gasteiger partial charge in [-0.3, -0.25) is 10.1 Å². The lowest BCUT2D eigenvalue weighted by atomic mass is 9.72. The fourth-order valence-corrected chi connectivity index (χ4v) is 3.02. The molecular weight excluding hydrogens is 367 g/mol. The molecule has 1 aromatic rings. The maximum Gasteiger partial charge on any atom is 0.326 e. The number of benzene rings is 1. The number of hydrogen-bond donors (Lipinski definition) is 2. The quantitative estimate of drug-likeness (QED) is 0.765. The van der Waals surface area contributed by atoms with Gasteiger partial charge < -0.3 is 10.0 Å². The van der Waals surface area contributed by atoms with Crippen LogP contribution in [-0.2, 0) is 4.79 Å². The van der Waals surface area contributed by atoms with E-state index >= 15 is 0 Å². The summed E-state index contributed by atoms with van der Waals surface area (Å²) in [5, 5.41) is 13.0. The van der Waals surface area contributed by atoms with Crippen molar-refractivity contribution in [1.29, 1.82) is 0 Å². The first kappa shape index (κ1) is 15.6. The first-order chi connectivity index (χ1) is 9.26. The Labute approximate surface area is 133 Å². The lowest BCUT2D eigenvalue weighted by Crippen LogP contribution is -2.70. The maximum atomic E-state index is 11.9. The van der Waals surface area contributed by atoms with Crippen molar-refractivity contribution < 1.29 is 9.90 Å². The number of carboxylic acid groups (broad SMARTS) is 1. The molecule has 20 heavy (non-hydrogen) atoms. The lowest BCUT2D eigenvalue weighted by molar-refractivity contribution is -0.150. The molecule has 2 N–H and O–H groups in total. The van der Waals surface area contributed by atoms with Crippen LogP contribution in [0.4, 0.5) is 5.69 Å². The SMILES string of the molecule is CC(C)(C)C1(C(=O)O)CN(c2ccc(I)cc2)CCN1.